The van der Waals surface area contributed by atoms with Crippen LogP contribution >= 0.6 is 0 Å². The van der Waals surface area contributed by atoms with Crippen LogP contribution in [0.25, 0.3) is 0 Å². The molecule has 0 radical (unpaired) electrons. The maximum atomic E-state index is 11.0. The van der Waals surface area contributed by atoms with Gasteiger partial charge in [0.25, 0.3) is 0 Å². The predicted octanol–water partition coefficient (Wildman–Crippen LogP) is 4.00. The Morgan fingerprint density at radius 2 is 1.88 bits per heavy atom. The van der Waals surface area contributed by atoms with Crippen molar-refractivity contribution in [2.45, 2.75) is 70.8 Å². The van der Waals surface area contributed by atoms with Crippen molar-refractivity contribution in [3.05, 3.63) is 12.2 Å². The molecule has 0 fully saturated rings. The molecule has 0 aliphatic carbocycles. The van der Waals surface area contributed by atoms with Gasteiger partial charge in [-0.2, -0.15) is 0 Å². The summed E-state index contributed by atoms with van der Waals surface area (Å²) in [4.78, 5) is 11.0. The van der Waals surface area contributed by atoms with Crippen LogP contribution in [0.2, 0.25) is 0 Å². The molecule has 0 aromatic rings. The molecule has 0 bridgehead atoms. The van der Waals surface area contributed by atoms with Gasteiger partial charge in [0, 0.05) is 0 Å². The van der Waals surface area contributed by atoms with Crippen molar-refractivity contribution in [3.8, 4) is 0 Å². The topological polar surface area (TPSA) is 26.3 Å². The summed E-state index contributed by atoms with van der Waals surface area (Å²) in [6, 6.07) is 0. The molecule has 92 valence electrons. The van der Waals surface area contributed by atoms with Crippen LogP contribution in [0.15, 0.2) is 12.2 Å². The molecule has 1 unspecified atom stereocenters. The summed E-state index contributed by atoms with van der Waals surface area (Å²) in [5.41, 5.74) is 0. The minimum absolute atomic E-state index is 0.0527. The molecule has 0 N–H and O–H groups in total. The van der Waals surface area contributed by atoms with Gasteiger partial charge in [-0.05, 0) is 18.9 Å². The largest absolute Gasteiger partial charge is 0.458 e. The van der Waals surface area contributed by atoms with E-state index in [1.54, 1.807) is 0 Å². The minimum atomic E-state index is -0.0737. The van der Waals surface area contributed by atoms with Crippen LogP contribution in [0, 0.1) is 0 Å². The van der Waals surface area contributed by atoms with Gasteiger partial charge < -0.3 is 4.74 Å². The summed E-state index contributed by atoms with van der Waals surface area (Å²) in [5.74, 6) is -0.0737. The van der Waals surface area contributed by atoms with Gasteiger partial charge in [-0.25, -0.2) is 0 Å². The summed E-state index contributed by atoms with van der Waals surface area (Å²) in [5, 5.41) is 0. The van der Waals surface area contributed by atoms with Gasteiger partial charge in [0.05, 0.1) is 6.42 Å². The fourth-order valence-electron chi connectivity index (χ4n) is 2.03. The van der Waals surface area contributed by atoms with Gasteiger partial charge in [-0.3, -0.25) is 4.79 Å². The van der Waals surface area contributed by atoms with E-state index in [2.05, 4.69) is 6.92 Å². The zero-order chi connectivity index (χ0) is 11.6. The fourth-order valence-corrected chi connectivity index (χ4v) is 2.03. The third-order valence-electron chi connectivity index (χ3n) is 3.01. The van der Waals surface area contributed by atoms with E-state index >= 15 is 0 Å². The number of hydrogen-bond donors (Lipinski definition) is 0. The molecule has 0 aromatic carbocycles. The van der Waals surface area contributed by atoms with Gasteiger partial charge in [-0.1, -0.05) is 51.5 Å². The lowest BCUT2D eigenvalue weighted by Gasteiger charge is -2.17. The molecule has 1 atom stereocenters. The Morgan fingerprint density at radius 3 is 2.56 bits per heavy atom. The van der Waals surface area contributed by atoms with E-state index in [0.717, 1.165) is 6.42 Å². The summed E-state index contributed by atoms with van der Waals surface area (Å²) in [7, 11) is 0. The Balaban J connectivity index is 1.93. The Morgan fingerprint density at radius 1 is 1.19 bits per heavy atom. The molecule has 2 nitrogen and oxygen atoms in total. The van der Waals surface area contributed by atoms with Crippen molar-refractivity contribution in [1.29, 1.82) is 0 Å². The van der Waals surface area contributed by atoms with Crippen LogP contribution in [-0.4, -0.2) is 12.1 Å². The molecule has 1 aliphatic heterocycles. The zero-order valence-corrected chi connectivity index (χ0v) is 10.4. The van der Waals surface area contributed by atoms with Crippen molar-refractivity contribution < 1.29 is 9.53 Å². The second kappa shape index (κ2) is 8.37. The molecule has 2 heteroatoms. The van der Waals surface area contributed by atoms with Gasteiger partial charge in [-0.15, -0.1) is 0 Å². The highest BCUT2D eigenvalue weighted by atomic mass is 16.5. The SMILES string of the molecule is CCCCCCCCCC1C=CCC(=O)O1. The Bertz CT molecular complexity index is 221. The third kappa shape index (κ3) is 5.94. The van der Waals surface area contributed by atoms with Crippen LogP contribution in [0.3, 0.4) is 0 Å². The highest BCUT2D eigenvalue weighted by molar-refractivity contribution is 5.72. The first kappa shape index (κ1) is 13.3. The van der Waals surface area contributed by atoms with E-state index in [1.807, 2.05) is 12.2 Å². The standard InChI is InChI=1S/C14H24O2/c1-2-3-4-5-6-7-8-10-13-11-9-12-14(15)16-13/h9,11,13H,2-8,10,12H2,1H3. The van der Waals surface area contributed by atoms with Crippen molar-refractivity contribution in [3.63, 3.8) is 0 Å². The second-order valence-electron chi connectivity index (χ2n) is 4.57. The van der Waals surface area contributed by atoms with Crippen LogP contribution in [-0.2, 0) is 9.53 Å². The van der Waals surface area contributed by atoms with E-state index in [9.17, 15) is 4.79 Å². The van der Waals surface area contributed by atoms with E-state index < -0.39 is 0 Å². The Labute approximate surface area is 99.1 Å². The average Bonchev–Trinajstić information content (AvgIpc) is 2.28. The van der Waals surface area contributed by atoms with Crippen molar-refractivity contribution in [2.75, 3.05) is 0 Å². The predicted molar refractivity (Wildman–Crippen MR) is 66.2 cm³/mol. The van der Waals surface area contributed by atoms with Crippen LogP contribution in [0.5, 0.6) is 0 Å². The molecule has 0 saturated carbocycles. The first-order valence-corrected chi connectivity index (χ1v) is 6.69. The van der Waals surface area contributed by atoms with E-state index in [1.165, 1.54) is 44.9 Å². The Kier molecular flexibility index (Phi) is 6.95. The molecule has 0 spiro atoms. The molecular formula is C14H24O2. The number of ether oxygens (including phenoxy) is 1. The lowest BCUT2D eigenvalue weighted by Crippen LogP contribution is -2.19. The molecule has 16 heavy (non-hydrogen) atoms. The maximum absolute atomic E-state index is 11.0. The quantitative estimate of drug-likeness (QED) is 0.354. The lowest BCUT2D eigenvalue weighted by molar-refractivity contribution is -0.147. The number of esters is 1. The maximum Gasteiger partial charge on any atom is 0.310 e. The van der Waals surface area contributed by atoms with E-state index in [0.29, 0.717) is 6.42 Å². The van der Waals surface area contributed by atoms with Crippen LogP contribution in [0.4, 0.5) is 0 Å². The van der Waals surface area contributed by atoms with Gasteiger partial charge >= 0.3 is 5.97 Å². The number of rotatable bonds is 8. The monoisotopic (exact) mass is 224 g/mol. The lowest BCUT2D eigenvalue weighted by atomic mass is 10.1. The van der Waals surface area contributed by atoms with E-state index in [4.69, 9.17) is 4.74 Å². The minimum Gasteiger partial charge on any atom is -0.458 e. The highest BCUT2D eigenvalue weighted by Gasteiger charge is 2.14. The summed E-state index contributed by atoms with van der Waals surface area (Å²) in [6.45, 7) is 2.24. The number of carbonyl (C=O) groups excluding carboxylic acids is 1. The van der Waals surface area contributed by atoms with Crippen LogP contribution < -0.4 is 0 Å². The first-order chi connectivity index (χ1) is 7.83. The van der Waals surface area contributed by atoms with E-state index in [-0.39, 0.29) is 12.1 Å². The number of hydrogen-bond acceptors (Lipinski definition) is 2. The van der Waals surface area contributed by atoms with Gasteiger partial charge in [0.1, 0.15) is 6.10 Å². The number of unbranched alkanes of at least 4 members (excludes halogenated alkanes) is 6. The summed E-state index contributed by atoms with van der Waals surface area (Å²) < 4.78 is 5.21. The molecule has 0 amide bonds. The molecule has 1 heterocycles. The van der Waals surface area contributed by atoms with Crippen molar-refractivity contribution in [1.82, 2.24) is 0 Å². The molecule has 0 aromatic heterocycles. The summed E-state index contributed by atoms with van der Waals surface area (Å²) in [6.07, 6.45) is 14.6. The zero-order valence-electron chi connectivity index (χ0n) is 10.4. The first-order valence-electron chi connectivity index (χ1n) is 6.69. The summed E-state index contributed by atoms with van der Waals surface area (Å²) >= 11 is 0. The van der Waals surface area contributed by atoms with Gasteiger partial charge in [0.15, 0.2) is 0 Å². The second-order valence-corrected chi connectivity index (χ2v) is 4.57. The molecule has 1 aliphatic rings. The molecule has 1 rings (SSSR count). The smallest absolute Gasteiger partial charge is 0.310 e. The number of cyclic esters (lactones) is 1. The molecular weight excluding hydrogens is 200 g/mol. The van der Waals surface area contributed by atoms with Crippen molar-refractivity contribution >= 4 is 5.97 Å². The number of carbonyl (C=O) groups is 1. The Hall–Kier alpha value is -0.790. The third-order valence-corrected chi connectivity index (χ3v) is 3.01. The normalized spacial score (nSPS) is 19.8. The average molecular weight is 224 g/mol. The molecule has 0 saturated heterocycles. The van der Waals surface area contributed by atoms with Crippen LogP contribution in [0.1, 0.15) is 64.7 Å². The van der Waals surface area contributed by atoms with Gasteiger partial charge in [0.2, 0.25) is 0 Å². The van der Waals surface area contributed by atoms with Crippen molar-refractivity contribution in [2.24, 2.45) is 0 Å². The fraction of sp³-hybridized carbons (Fsp3) is 0.786. The highest BCUT2D eigenvalue weighted by Crippen LogP contribution is 2.15.